The smallest absolute Gasteiger partial charge is 0.129 e. The highest BCUT2D eigenvalue weighted by Gasteiger charge is 2.12. The molecule has 0 aromatic carbocycles. The maximum absolute atomic E-state index is 10.0. The van der Waals surface area contributed by atoms with Crippen molar-refractivity contribution in [3.63, 3.8) is 0 Å². The number of nitrogens with one attached hydrogen (secondary N) is 1. The van der Waals surface area contributed by atoms with E-state index in [4.69, 9.17) is 0 Å². The molecular weight excluding hydrogens is 354 g/mol. The third-order valence-corrected chi connectivity index (χ3v) is 4.23. The molecular formula is C22H41N3OS. The summed E-state index contributed by atoms with van der Waals surface area (Å²) >= 11 is 1.75. The summed E-state index contributed by atoms with van der Waals surface area (Å²) in [6, 6.07) is 0. The average molecular weight is 396 g/mol. The molecule has 27 heavy (non-hydrogen) atoms. The SMILES string of the molecule is C/C=C/CSC1=NNC(C[C@@H](C)CC(C)C)=NC1.C=CC.CCCC(C)=O. The van der Waals surface area contributed by atoms with E-state index in [1.165, 1.54) is 6.42 Å². The maximum atomic E-state index is 10.0. The quantitative estimate of drug-likeness (QED) is 0.494. The van der Waals surface area contributed by atoms with Crippen molar-refractivity contribution in [3.8, 4) is 0 Å². The Morgan fingerprint density at radius 3 is 2.33 bits per heavy atom. The Morgan fingerprint density at radius 1 is 1.33 bits per heavy atom. The lowest BCUT2D eigenvalue weighted by atomic mass is 9.95. The number of hydrogen-bond acceptors (Lipinski definition) is 5. The monoisotopic (exact) mass is 395 g/mol. The molecule has 0 fully saturated rings. The van der Waals surface area contributed by atoms with E-state index in [2.05, 4.69) is 55.0 Å². The molecule has 0 aromatic rings. The summed E-state index contributed by atoms with van der Waals surface area (Å²) in [4.78, 5) is 14.6. The molecule has 0 aromatic heterocycles. The van der Waals surface area contributed by atoms with Crippen LogP contribution in [0, 0.1) is 11.8 Å². The van der Waals surface area contributed by atoms with E-state index in [9.17, 15) is 4.79 Å². The van der Waals surface area contributed by atoms with Crippen LogP contribution in [0.4, 0.5) is 0 Å². The Morgan fingerprint density at radius 2 is 1.96 bits per heavy atom. The number of aliphatic imine (C=N–C) groups is 1. The van der Waals surface area contributed by atoms with Gasteiger partial charge in [0.2, 0.25) is 0 Å². The summed E-state index contributed by atoms with van der Waals surface area (Å²) in [5.41, 5.74) is 3.09. The van der Waals surface area contributed by atoms with Gasteiger partial charge in [0.25, 0.3) is 0 Å². The third kappa shape index (κ3) is 20.8. The zero-order valence-electron chi connectivity index (χ0n) is 18.5. The number of amidine groups is 1. The summed E-state index contributed by atoms with van der Waals surface area (Å²) in [6.45, 7) is 18.4. The Labute approximate surface area is 172 Å². The fourth-order valence-electron chi connectivity index (χ4n) is 2.36. The van der Waals surface area contributed by atoms with Gasteiger partial charge >= 0.3 is 0 Å². The maximum Gasteiger partial charge on any atom is 0.129 e. The molecule has 0 saturated carbocycles. The molecule has 0 amide bonds. The Hall–Kier alpha value is -1.36. The molecule has 1 heterocycles. The Bertz CT molecular complexity index is 482. The lowest BCUT2D eigenvalue weighted by Crippen LogP contribution is -2.27. The second-order valence-electron chi connectivity index (χ2n) is 7.06. The van der Waals surface area contributed by atoms with Gasteiger partial charge in [0, 0.05) is 18.6 Å². The molecule has 156 valence electrons. The molecule has 4 nitrogen and oxygen atoms in total. The minimum absolute atomic E-state index is 0.289. The minimum atomic E-state index is 0.289. The van der Waals surface area contributed by atoms with Crippen molar-refractivity contribution in [2.24, 2.45) is 21.9 Å². The van der Waals surface area contributed by atoms with Crippen molar-refractivity contribution in [2.75, 3.05) is 12.3 Å². The number of thioether (sulfide) groups is 1. The van der Waals surface area contributed by atoms with E-state index in [-0.39, 0.29) is 5.78 Å². The summed E-state index contributed by atoms with van der Waals surface area (Å²) in [5.74, 6) is 3.73. The van der Waals surface area contributed by atoms with Gasteiger partial charge in [0.05, 0.1) is 6.54 Å². The third-order valence-electron chi connectivity index (χ3n) is 3.31. The number of rotatable bonds is 8. The summed E-state index contributed by atoms with van der Waals surface area (Å²) in [6.07, 6.45) is 9.92. The van der Waals surface area contributed by atoms with Crippen LogP contribution in [0.3, 0.4) is 0 Å². The standard InChI is InChI=1S/C14H25N3S.C5H10O.C3H6/c1-5-6-7-18-14-10-15-13(16-17-14)9-12(4)8-11(2)3;1-3-4-5(2)6;1-3-2/h5-6,11-12H,7-10H2,1-4H3,(H,15,16);3-4H2,1-2H3;3H,1H2,2H3/b6-5+;;/t12-;;/m0../s1. The lowest BCUT2D eigenvalue weighted by molar-refractivity contribution is -0.117. The van der Waals surface area contributed by atoms with E-state index in [1.807, 2.05) is 20.8 Å². The fourth-order valence-corrected chi connectivity index (χ4v) is 3.11. The van der Waals surface area contributed by atoms with E-state index < -0.39 is 0 Å². The predicted octanol–water partition coefficient (Wildman–Crippen LogP) is 6.25. The molecule has 0 unspecified atom stereocenters. The second-order valence-corrected chi connectivity index (χ2v) is 8.15. The molecule has 0 bridgehead atoms. The number of Topliss-reactive ketones (excluding diaryl/α,β-unsaturated/α-hetero) is 1. The largest absolute Gasteiger partial charge is 0.300 e. The average Bonchev–Trinajstić information content (AvgIpc) is 2.57. The molecule has 5 heteroatoms. The van der Waals surface area contributed by atoms with Gasteiger partial charge in [-0.1, -0.05) is 45.9 Å². The van der Waals surface area contributed by atoms with E-state index in [1.54, 1.807) is 24.8 Å². The van der Waals surface area contributed by atoms with Gasteiger partial charge in [-0.25, -0.2) is 0 Å². The Balaban J connectivity index is 0. The van der Waals surface area contributed by atoms with Crippen LogP contribution < -0.4 is 5.43 Å². The number of carbonyl (C=O) groups is 1. The highest BCUT2D eigenvalue weighted by molar-refractivity contribution is 8.14. The summed E-state index contributed by atoms with van der Waals surface area (Å²) in [5, 5.41) is 5.46. The molecule has 1 N–H and O–H groups in total. The summed E-state index contributed by atoms with van der Waals surface area (Å²) < 4.78 is 0. The minimum Gasteiger partial charge on any atom is -0.300 e. The zero-order chi connectivity index (χ0) is 21.1. The topological polar surface area (TPSA) is 53.8 Å². The van der Waals surface area contributed by atoms with Crippen molar-refractivity contribution < 1.29 is 4.79 Å². The van der Waals surface area contributed by atoms with Crippen LogP contribution in [-0.2, 0) is 4.79 Å². The van der Waals surface area contributed by atoms with Crippen LogP contribution in [0.15, 0.2) is 34.9 Å². The normalized spacial score (nSPS) is 14.1. The first-order chi connectivity index (χ1) is 12.8. The van der Waals surface area contributed by atoms with Crippen LogP contribution in [0.1, 0.15) is 74.1 Å². The molecule has 1 atom stereocenters. The highest BCUT2D eigenvalue weighted by Crippen LogP contribution is 2.16. The Kier molecular flexibility index (Phi) is 20.0. The lowest BCUT2D eigenvalue weighted by Gasteiger charge is -2.18. The van der Waals surface area contributed by atoms with Gasteiger partial charge in [0.1, 0.15) is 16.7 Å². The summed E-state index contributed by atoms with van der Waals surface area (Å²) in [7, 11) is 0. The van der Waals surface area contributed by atoms with Crippen LogP contribution in [0.25, 0.3) is 0 Å². The molecule has 0 saturated heterocycles. The second kappa shape index (κ2) is 19.4. The van der Waals surface area contributed by atoms with Crippen LogP contribution in [0.2, 0.25) is 0 Å². The molecule has 1 aliphatic rings. The first-order valence-electron chi connectivity index (χ1n) is 9.96. The van der Waals surface area contributed by atoms with Crippen LogP contribution >= 0.6 is 11.8 Å². The first-order valence-corrected chi connectivity index (χ1v) is 10.9. The molecule has 1 aliphatic heterocycles. The number of allylic oxidation sites excluding steroid dienone is 2. The number of carbonyl (C=O) groups excluding carboxylic acids is 1. The van der Waals surface area contributed by atoms with Crippen molar-refractivity contribution >= 4 is 28.4 Å². The van der Waals surface area contributed by atoms with Gasteiger partial charge in [-0.3, -0.25) is 10.4 Å². The zero-order valence-corrected chi connectivity index (χ0v) is 19.4. The van der Waals surface area contributed by atoms with Crippen molar-refractivity contribution in [3.05, 3.63) is 24.8 Å². The van der Waals surface area contributed by atoms with Crippen molar-refractivity contribution in [2.45, 2.75) is 74.1 Å². The first kappa shape index (κ1) is 27.9. The van der Waals surface area contributed by atoms with Gasteiger partial charge in [-0.15, -0.1) is 18.3 Å². The number of ketones is 1. The molecule has 0 aliphatic carbocycles. The van der Waals surface area contributed by atoms with Gasteiger partial charge in [0.15, 0.2) is 0 Å². The van der Waals surface area contributed by atoms with Gasteiger partial charge < -0.3 is 4.79 Å². The van der Waals surface area contributed by atoms with Crippen molar-refractivity contribution in [1.29, 1.82) is 0 Å². The van der Waals surface area contributed by atoms with Crippen LogP contribution in [0.5, 0.6) is 0 Å². The van der Waals surface area contributed by atoms with Crippen LogP contribution in [-0.4, -0.2) is 29.0 Å². The van der Waals surface area contributed by atoms with E-state index in [0.29, 0.717) is 5.92 Å². The number of hydrazone groups is 1. The highest BCUT2D eigenvalue weighted by atomic mass is 32.2. The number of hydrogen-bond donors (Lipinski definition) is 1. The predicted molar refractivity (Wildman–Crippen MR) is 125 cm³/mol. The molecule has 0 radical (unpaired) electrons. The fraction of sp³-hybridized carbons (Fsp3) is 0.682. The van der Waals surface area contributed by atoms with E-state index in [0.717, 1.165) is 48.4 Å². The van der Waals surface area contributed by atoms with Gasteiger partial charge in [-0.2, -0.15) is 5.10 Å². The van der Waals surface area contributed by atoms with Crippen molar-refractivity contribution in [1.82, 2.24) is 5.43 Å². The molecule has 0 spiro atoms. The molecule has 1 rings (SSSR count). The van der Waals surface area contributed by atoms with E-state index >= 15 is 0 Å². The van der Waals surface area contributed by atoms with Gasteiger partial charge in [-0.05, 0) is 45.4 Å². The number of nitrogens with zero attached hydrogens (tertiary/aromatic N) is 2.